The first-order valence-corrected chi connectivity index (χ1v) is 9.47. The highest BCUT2D eigenvalue weighted by molar-refractivity contribution is 9.11. The molecule has 1 aliphatic rings. The summed E-state index contributed by atoms with van der Waals surface area (Å²) in [4.78, 5) is 3.09. The minimum absolute atomic E-state index is 0.145. The third-order valence-corrected chi connectivity index (χ3v) is 7.75. The Morgan fingerprint density at radius 3 is 2.80 bits per heavy atom. The van der Waals surface area contributed by atoms with Gasteiger partial charge in [0.15, 0.2) is 0 Å². The molecular formula is C12H19BrN2O3S2. The molecule has 1 aromatic rings. The summed E-state index contributed by atoms with van der Waals surface area (Å²) in [7, 11) is 0.135. The molecule has 0 bridgehead atoms. The van der Waals surface area contributed by atoms with E-state index in [1.807, 2.05) is 7.05 Å². The van der Waals surface area contributed by atoms with Crippen molar-refractivity contribution in [1.82, 2.24) is 9.21 Å². The predicted octanol–water partition coefficient (Wildman–Crippen LogP) is 1.72. The summed E-state index contributed by atoms with van der Waals surface area (Å²) in [6.45, 7) is 1.37. The first kappa shape index (κ1) is 16.4. The maximum absolute atomic E-state index is 12.6. The lowest BCUT2D eigenvalue weighted by Crippen LogP contribution is -2.39. The zero-order chi connectivity index (χ0) is 14.9. The van der Waals surface area contributed by atoms with E-state index in [1.165, 1.54) is 15.6 Å². The van der Waals surface area contributed by atoms with Crippen molar-refractivity contribution in [3.05, 3.63) is 14.7 Å². The van der Waals surface area contributed by atoms with E-state index in [4.69, 9.17) is 5.11 Å². The molecule has 1 saturated heterocycles. The highest BCUT2D eigenvalue weighted by Gasteiger charge is 2.30. The van der Waals surface area contributed by atoms with Crippen molar-refractivity contribution in [2.75, 3.05) is 27.2 Å². The minimum atomic E-state index is -3.51. The molecule has 0 aromatic carbocycles. The van der Waals surface area contributed by atoms with Crippen LogP contribution in [0.25, 0.3) is 0 Å². The summed E-state index contributed by atoms with van der Waals surface area (Å²) in [5.41, 5.74) is 0. The minimum Gasteiger partial charge on any atom is -0.391 e. The molecule has 0 spiro atoms. The van der Waals surface area contributed by atoms with Crippen molar-refractivity contribution >= 4 is 37.3 Å². The van der Waals surface area contributed by atoms with Crippen molar-refractivity contribution in [2.45, 2.75) is 30.4 Å². The Hall–Kier alpha value is 0.01000. The van der Waals surface area contributed by atoms with Crippen molar-refractivity contribution in [1.29, 1.82) is 0 Å². The van der Waals surface area contributed by atoms with E-state index in [9.17, 15) is 8.42 Å². The molecule has 114 valence electrons. The smallest absolute Gasteiger partial charge is 0.244 e. The number of thiophene rings is 1. The second-order valence-corrected chi connectivity index (χ2v) is 9.54. The number of aliphatic hydroxyl groups is 1. The van der Waals surface area contributed by atoms with Crippen molar-refractivity contribution in [3.63, 3.8) is 0 Å². The average molecular weight is 383 g/mol. The number of sulfonamides is 1. The van der Waals surface area contributed by atoms with Gasteiger partial charge in [0.1, 0.15) is 4.90 Å². The number of halogens is 1. The topological polar surface area (TPSA) is 60.9 Å². The summed E-state index contributed by atoms with van der Waals surface area (Å²) >= 11 is 4.53. The Kier molecular flexibility index (Phi) is 5.25. The number of nitrogens with zero attached hydrogens (tertiary/aromatic N) is 2. The van der Waals surface area contributed by atoms with E-state index < -0.39 is 10.0 Å². The van der Waals surface area contributed by atoms with E-state index in [-0.39, 0.29) is 17.5 Å². The molecule has 1 fully saturated rings. The van der Waals surface area contributed by atoms with Crippen LogP contribution >= 0.6 is 27.3 Å². The number of rotatable bonds is 5. The van der Waals surface area contributed by atoms with Gasteiger partial charge < -0.3 is 10.0 Å². The van der Waals surface area contributed by atoms with Gasteiger partial charge in [-0.2, -0.15) is 4.31 Å². The number of aliphatic hydroxyl groups excluding tert-OH is 1. The van der Waals surface area contributed by atoms with Gasteiger partial charge in [-0.1, -0.05) is 0 Å². The molecule has 20 heavy (non-hydrogen) atoms. The van der Waals surface area contributed by atoms with Crippen LogP contribution in [0.3, 0.4) is 0 Å². The van der Waals surface area contributed by atoms with Gasteiger partial charge in [-0.25, -0.2) is 8.42 Å². The molecule has 1 aliphatic heterocycles. The predicted molar refractivity (Wildman–Crippen MR) is 83.4 cm³/mol. The molecule has 0 saturated carbocycles. The maximum atomic E-state index is 12.6. The van der Waals surface area contributed by atoms with Crippen LogP contribution in [-0.2, 0) is 16.6 Å². The van der Waals surface area contributed by atoms with Crippen LogP contribution in [0, 0.1) is 0 Å². The van der Waals surface area contributed by atoms with Crippen LogP contribution in [0.2, 0.25) is 0 Å². The number of likely N-dealkylation sites (N-methyl/N-ethyl adjacent to an activating group) is 2. The lowest BCUT2D eigenvalue weighted by molar-refractivity contribution is 0.271. The molecule has 5 nitrogen and oxygen atoms in total. The standard InChI is InChI=1S/C12H19BrN2O3S2/c1-14-5-3-4-9(14)7-15(2)20(17,18)11-6-10(8-16)19-12(11)13/h6,9,16H,3-5,7-8H2,1-2H3. The normalized spacial score (nSPS) is 20.9. The van der Waals surface area contributed by atoms with Crippen LogP contribution < -0.4 is 0 Å². The Labute approximate surface area is 132 Å². The number of hydrogen-bond acceptors (Lipinski definition) is 5. The van der Waals surface area contributed by atoms with E-state index in [1.54, 1.807) is 13.1 Å². The number of likely N-dealkylation sites (tertiary alicyclic amines) is 1. The molecule has 8 heteroatoms. The van der Waals surface area contributed by atoms with Crippen LogP contribution in [0.1, 0.15) is 17.7 Å². The van der Waals surface area contributed by atoms with E-state index >= 15 is 0 Å². The highest BCUT2D eigenvalue weighted by Crippen LogP contribution is 2.33. The SMILES string of the molecule is CN1CCCC1CN(C)S(=O)(=O)c1cc(CO)sc1Br. The van der Waals surface area contributed by atoms with Crippen LogP contribution in [-0.4, -0.2) is 56.0 Å². The molecule has 0 radical (unpaired) electrons. The zero-order valence-electron chi connectivity index (χ0n) is 11.5. The monoisotopic (exact) mass is 382 g/mol. The Bertz CT molecular complexity index is 573. The first-order valence-electron chi connectivity index (χ1n) is 6.42. The summed E-state index contributed by atoms with van der Waals surface area (Å²) < 4.78 is 27.1. The summed E-state index contributed by atoms with van der Waals surface area (Å²) in [6, 6.07) is 1.82. The first-order chi connectivity index (χ1) is 9.36. The summed E-state index contributed by atoms with van der Waals surface area (Å²) in [5.74, 6) is 0. The van der Waals surface area contributed by atoms with Crippen LogP contribution in [0.4, 0.5) is 0 Å². The largest absolute Gasteiger partial charge is 0.391 e. The molecule has 1 atom stereocenters. The van der Waals surface area contributed by atoms with Gasteiger partial charge in [0, 0.05) is 24.5 Å². The van der Waals surface area contributed by atoms with Gasteiger partial charge in [-0.15, -0.1) is 11.3 Å². The van der Waals surface area contributed by atoms with Gasteiger partial charge in [0.2, 0.25) is 10.0 Å². The van der Waals surface area contributed by atoms with Gasteiger partial charge in [-0.3, -0.25) is 0 Å². The molecule has 1 aromatic heterocycles. The molecule has 0 aliphatic carbocycles. The number of hydrogen-bond donors (Lipinski definition) is 1. The van der Waals surface area contributed by atoms with Gasteiger partial charge in [0.25, 0.3) is 0 Å². The lowest BCUT2D eigenvalue weighted by Gasteiger charge is -2.25. The molecule has 1 unspecified atom stereocenters. The van der Waals surface area contributed by atoms with Crippen LogP contribution in [0.5, 0.6) is 0 Å². The Balaban J connectivity index is 2.18. The average Bonchev–Trinajstić information content (AvgIpc) is 2.96. The van der Waals surface area contributed by atoms with Gasteiger partial charge in [0.05, 0.1) is 10.4 Å². The Morgan fingerprint density at radius 2 is 2.30 bits per heavy atom. The second kappa shape index (κ2) is 6.41. The third kappa shape index (κ3) is 3.26. The molecule has 1 N–H and O–H groups in total. The lowest BCUT2D eigenvalue weighted by atomic mass is 10.2. The molecule has 2 rings (SSSR count). The fourth-order valence-electron chi connectivity index (χ4n) is 2.42. The Morgan fingerprint density at radius 1 is 1.60 bits per heavy atom. The van der Waals surface area contributed by atoms with Crippen molar-refractivity contribution in [3.8, 4) is 0 Å². The van der Waals surface area contributed by atoms with E-state index in [0.29, 0.717) is 15.2 Å². The van der Waals surface area contributed by atoms with Crippen molar-refractivity contribution in [2.24, 2.45) is 0 Å². The molecular weight excluding hydrogens is 364 g/mol. The summed E-state index contributed by atoms with van der Waals surface area (Å²) in [5, 5.41) is 9.12. The van der Waals surface area contributed by atoms with E-state index in [2.05, 4.69) is 20.8 Å². The maximum Gasteiger partial charge on any atom is 0.244 e. The van der Waals surface area contributed by atoms with Gasteiger partial charge >= 0.3 is 0 Å². The van der Waals surface area contributed by atoms with Crippen LogP contribution in [0.15, 0.2) is 14.7 Å². The quantitative estimate of drug-likeness (QED) is 0.841. The second-order valence-electron chi connectivity index (χ2n) is 5.07. The van der Waals surface area contributed by atoms with Crippen molar-refractivity contribution < 1.29 is 13.5 Å². The zero-order valence-corrected chi connectivity index (χ0v) is 14.8. The fraction of sp³-hybridized carbons (Fsp3) is 0.667. The third-order valence-electron chi connectivity index (χ3n) is 3.69. The fourth-order valence-corrected chi connectivity index (χ4v) is 6.12. The van der Waals surface area contributed by atoms with Gasteiger partial charge in [-0.05, 0) is 48.4 Å². The molecule has 0 amide bonds. The molecule has 2 heterocycles. The van der Waals surface area contributed by atoms with E-state index in [0.717, 1.165) is 19.4 Å². The summed E-state index contributed by atoms with van der Waals surface area (Å²) in [6.07, 6.45) is 2.15. The highest BCUT2D eigenvalue weighted by atomic mass is 79.9.